The van der Waals surface area contributed by atoms with Gasteiger partial charge in [0.1, 0.15) is 5.01 Å². The van der Waals surface area contributed by atoms with Crippen molar-refractivity contribution in [2.75, 3.05) is 6.54 Å². The molecule has 2 unspecified atom stereocenters. The van der Waals surface area contributed by atoms with Crippen molar-refractivity contribution >= 4 is 11.3 Å². The highest BCUT2D eigenvalue weighted by Crippen LogP contribution is 2.30. The van der Waals surface area contributed by atoms with Gasteiger partial charge in [0.2, 0.25) is 0 Å². The fraction of sp³-hybridized carbons (Fsp3) is 0.786. The van der Waals surface area contributed by atoms with Crippen LogP contribution in [0, 0.1) is 12.8 Å². The third kappa shape index (κ3) is 3.78. The van der Waals surface area contributed by atoms with Crippen LogP contribution in [0.1, 0.15) is 62.2 Å². The number of aryl methyl sites for hydroxylation is 2. The number of aromatic nitrogens is 1. The van der Waals surface area contributed by atoms with Crippen molar-refractivity contribution in [3.63, 3.8) is 0 Å². The van der Waals surface area contributed by atoms with E-state index in [1.165, 1.54) is 28.4 Å². The Morgan fingerprint density at radius 3 is 2.47 bits per heavy atom. The van der Waals surface area contributed by atoms with E-state index in [0.29, 0.717) is 12.0 Å². The lowest BCUT2D eigenvalue weighted by Gasteiger charge is -2.22. The second-order valence-electron chi connectivity index (χ2n) is 4.71. The molecule has 0 aliphatic heterocycles. The van der Waals surface area contributed by atoms with Gasteiger partial charge in [0, 0.05) is 4.88 Å². The Bertz CT molecular complexity index is 333. The summed E-state index contributed by atoms with van der Waals surface area (Å²) in [6.07, 6.45) is 3.55. The van der Waals surface area contributed by atoms with E-state index < -0.39 is 0 Å². The van der Waals surface area contributed by atoms with E-state index in [0.717, 1.165) is 13.0 Å². The summed E-state index contributed by atoms with van der Waals surface area (Å²) in [6, 6.07) is 0.434. The molecule has 3 heteroatoms. The minimum Gasteiger partial charge on any atom is -0.308 e. The van der Waals surface area contributed by atoms with Crippen LogP contribution in [0.5, 0.6) is 0 Å². The van der Waals surface area contributed by atoms with Crippen LogP contribution in [0.2, 0.25) is 0 Å². The second-order valence-corrected chi connectivity index (χ2v) is 5.94. The maximum absolute atomic E-state index is 4.81. The first-order chi connectivity index (χ1) is 8.13. The Morgan fingerprint density at radius 2 is 2.00 bits per heavy atom. The number of rotatable bonds is 7. The Hall–Kier alpha value is -0.410. The quantitative estimate of drug-likeness (QED) is 0.792. The number of thiazole rings is 1. The lowest BCUT2D eigenvalue weighted by molar-refractivity contribution is 0.368. The molecule has 98 valence electrons. The third-order valence-corrected chi connectivity index (χ3v) is 4.34. The molecule has 1 heterocycles. The minimum absolute atomic E-state index is 0.434. The standard InChI is InChI=1S/C14H26N2S/c1-6-9-10(4)13(15-8-3)14-16-12(7-2)11(5)17-14/h10,13,15H,6-9H2,1-5H3. The summed E-state index contributed by atoms with van der Waals surface area (Å²) in [4.78, 5) is 6.19. The fourth-order valence-electron chi connectivity index (χ4n) is 2.29. The SMILES string of the molecule is CCCC(C)C(NCC)c1nc(CC)c(C)s1. The van der Waals surface area contributed by atoms with E-state index in [2.05, 4.69) is 39.9 Å². The summed E-state index contributed by atoms with van der Waals surface area (Å²) >= 11 is 1.87. The molecule has 0 saturated carbocycles. The van der Waals surface area contributed by atoms with Crippen molar-refractivity contribution in [2.24, 2.45) is 5.92 Å². The molecule has 0 aromatic carbocycles. The van der Waals surface area contributed by atoms with Crippen LogP contribution < -0.4 is 5.32 Å². The minimum atomic E-state index is 0.434. The van der Waals surface area contributed by atoms with E-state index >= 15 is 0 Å². The molecule has 2 atom stereocenters. The summed E-state index contributed by atoms with van der Waals surface area (Å²) < 4.78 is 0. The molecule has 1 aromatic rings. The largest absolute Gasteiger partial charge is 0.308 e. The van der Waals surface area contributed by atoms with Gasteiger partial charge in [0.15, 0.2) is 0 Å². The van der Waals surface area contributed by atoms with Crippen molar-refractivity contribution < 1.29 is 0 Å². The second kappa shape index (κ2) is 7.12. The van der Waals surface area contributed by atoms with Crippen LogP contribution in [0.15, 0.2) is 0 Å². The smallest absolute Gasteiger partial charge is 0.110 e. The van der Waals surface area contributed by atoms with Gasteiger partial charge in [0.25, 0.3) is 0 Å². The lowest BCUT2D eigenvalue weighted by Crippen LogP contribution is -2.26. The molecular weight excluding hydrogens is 228 g/mol. The van der Waals surface area contributed by atoms with Crippen molar-refractivity contribution in [1.29, 1.82) is 0 Å². The van der Waals surface area contributed by atoms with Crippen molar-refractivity contribution in [3.8, 4) is 0 Å². The van der Waals surface area contributed by atoms with Crippen molar-refractivity contribution in [3.05, 3.63) is 15.6 Å². The molecule has 0 aliphatic carbocycles. The number of nitrogens with one attached hydrogen (secondary N) is 1. The predicted octanol–water partition coefficient (Wildman–Crippen LogP) is 4.10. The lowest BCUT2D eigenvalue weighted by atomic mass is 9.97. The van der Waals surface area contributed by atoms with E-state index in [4.69, 9.17) is 4.98 Å². The normalized spacial score (nSPS) is 14.9. The van der Waals surface area contributed by atoms with E-state index in [-0.39, 0.29) is 0 Å². The summed E-state index contributed by atoms with van der Waals surface area (Å²) in [5, 5.41) is 4.88. The van der Waals surface area contributed by atoms with Crippen molar-refractivity contribution in [1.82, 2.24) is 10.3 Å². The van der Waals surface area contributed by atoms with E-state index in [9.17, 15) is 0 Å². The first kappa shape index (κ1) is 14.7. The topological polar surface area (TPSA) is 24.9 Å². The molecule has 17 heavy (non-hydrogen) atoms. The van der Waals surface area contributed by atoms with Crippen LogP contribution in [0.25, 0.3) is 0 Å². The molecule has 0 aliphatic rings. The van der Waals surface area contributed by atoms with Gasteiger partial charge >= 0.3 is 0 Å². The van der Waals surface area contributed by atoms with Gasteiger partial charge in [-0.2, -0.15) is 0 Å². The summed E-state index contributed by atoms with van der Waals surface area (Å²) in [5.74, 6) is 0.662. The zero-order valence-electron chi connectivity index (χ0n) is 11.8. The summed E-state index contributed by atoms with van der Waals surface area (Å²) in [7, 11) is 0. The summed E-state index contributed by atoms with van der Waals surface area (Å²) in [5.41, 5.74) is 1.27. The average molecular weight is 254 g/mol. The molecule has 0 radical (unpaired) electrons. The first-order valence-corrected chi connectivity index (χ1v) is 7.65. The van der Waals surface area contributed by atoms with Gasteiger partial charge in [0.05, 0.1) is 11.7 Å². The Labute approximate surface area is 110 Å². The Balaban J connectivity index is 2.88. The van der Waals surface area contributed by atoms with Gasteiger partial charge in [-0.3, -0.25) is 0 Å². The van der Waals surface area contributed by atoms with Crippen LogP contribution in [-0.4, -0.2) is 11.5 Å². The summed E-state index contributed by atoms with van der Waals surface area (Å²) in [6.45, 7) is 12.1. The maximum atomic E-state index is 4.81. The number of hydrogen-bond acceptors (Lipinski definition) is 3. The molecule has 0 saturated heterocycles. The highest BCUT2D eigenvalue weighted by atomic mass is 32.1. The van der Waals surface area contributed by atoms with Crippen molar-refractivity contribution in [2.45, 2.75) is 59.9 Å². The van der Waals surface area contributed by atoms with Gasteiger partial charge in [-0.05, 0) is 32.2 Å². The van der Waals surface area contributed by atoms with Gasteiger partial charge < -0.3 is 5.32 Å². The maximum Gasteiger partial charge on any atom is 0.110 e. The molecule has 0 bridgehead atoms. The first-order valence-electron chi connectivity index (χ1n) is 6.83. The predicted molar refractivity (Wildman–Crippen MR) is 76.7 cm³/mol. The van der Waals surface area contributed by atoms with Gasteiger partial charge in [-0.25, -0.2) is 4.98 Å². The van der Waals surface area contributed by atoms with Gasteiger partial charge in [-0.1, -0.05) is 34.1 Å². The van der Waals surface area contributed by atoms with Gasteiger partial charge in [-0.15, -0.1) is 11.3 Å². The molecule has 0 amide bonds. The molecule has 0 spiro atoms. The average Bonchev–Trinajstić information content (AvgIpc) is 2.67. The highest BCUT2D eigenvalue weighted by molar-refractivity contribution is 7.11. The molecule has 0 fully saturated rings. The molecular formula is C14H26N2S. The highest BCUT2D eigenvalue weighted by Gasteiger charge is 2.21. The Morgan fingerprint density at radius 1 is 1.29 bits per heavy atom. The van der Waals surface area contributed by atoms with Crippen LogP contribution in [0.4, 0.5) is 0 Å². The molecule has 2 nitrogen and oxygen atoms in total. The zero-order chi connectivity index (χ0) is 12.8. The number of nitrogens with zero attached hydrogens (tertiary/aromatic N) is 1. The molecule has 1 rings (SSSR count). The van der Waals surface area contributed by atoms with Crippen LogP contribution in [0.3, 0.4) is 0 Å². The Kier molecular flexibility index (Phi) is 6.14. The third-order valence-electron chi connectivity index (χ3n) is 3.25. The molecule has 1 aromatic heterocycles. The van der Waals surface area contributed by atoms with Crippen LogP contribution >= 0.6 is 11.3 Å². The molecule has 1 N–H and O–H groups in total. The van der Waals surface area contributed by atoms with E-state index in [1.807, 2.05) is 11.3 Å². The number of hydrogen-bond donors (Lipinski definition) is 1. The monoisotopic (exact) mass is 254 g/mol. The zero-order valence-corrected chi connectivity index (χ0v) is 12.7. The van der Waals surface area contributed by atoms with E-state index in [1.54, 1.807) is 0 Å². The van der Waals surface area contributed by atoms with Crippen LogP contribution in [-0.2, 0) is 6.42 Å². The fourth-order valence-corrected chi connectivity index (χ4v) is 3.51.